The van der Waals surface area contributed by atoms with Gasteiger partial charge in [-0.15, -0.1) is 0 Å². The molecule has 1 aromatic carbocycles. The number of piperidine rings is 1. The van der Waals surface area contributed by atoms with E-state index in [-0.39, 0.29) is 20.9 Å². The maximum absolute atomic E-state index is 13.2. The van der Waals surface area contributed by atoms with Gasteiger partial charge in [-0.1, -0.05) is 35.3 Å². The number of aromatic nitrogens is 4. The molecule has 0 aliphatic carbocycles. The summed E-state index contributed by atoms with van der Waals surface area (Å²) in [6.07, 6.45) is 6.53. The van der Waals surface area contributed by atoms with E-state index >= 15 is 0 Å². The number of benzene rings is 1. The predicted molar refractivity (Wildman–Crippen MR) is 139 cm³/mol. The quantitative estimate of drug-likeness (QED) is 0.322. The van der Waals surface area contributed by atoms with Crippen LogP contribution >= 0.6 is 39.1 Å². The van der Waals surface area contributed by atoms with Crippen LogP contribution in [0.5, 0.6) is 0 Å². The summed E-state index contributed by atoms with van der Waals surface area (Å²) in [5, 5.41) is 8.13. The van der Waals surface area contributed by atoms with Crippen molar-refractivity contribution >= 4 is 60.6 Å². The second-order valence-corrected chi connectivity index (χ2v) is 11.8. The van der Waals surface area contributed by atoms with E-state index in [9.17, 15) is 8.42 Å². The van der Waals surface area contributed by atoms with Gasteiger partial charge in [-0.2, -0.15) is 13.9 Å². The van der Waals surface area contributed by atoms with Crippen LogP contribution in [0.4, 0.5) is 5.82 Å². The smallest absolute Gasteiger partial charge is 0.244 e. The molecule has 35 heavy (non-hydrogen) atoms. The Morgan fingerprint density at radius 3 is 2.66 bits per heavy atom. The van der Waals surface area contributed by atoms with Crippen LogP contribution in [-0.2, 0) is 16.6 Å². The lowest BCUT2D eigenvalue weighted by Gasteiger charge is -2.31. The van der Waals surface area contributed by atoms with Gasteiger partial charge in [0.05, 0.1) is 20.7 Å². The molecule has 0 amide bonds. The number of pyridine rings is 1. The molecule has 1 aliphatic heterocycles. The molecule has 4 aromatic rings. The van der Waals surface area contributed by atoms with Gasteiger partial charge in [-0.05, 0) is 52.5 Å². The van der Waals surface area contributed by atoms with Gasteiger partial charge < -0.3 is 5.32 Å². The minimum atomic E-state index is -3.74. The van der Waals surface area contributed by atoms with E-state index in [1.807, 2.05) is 24.4 Å². The second-order valence-electron chi connectivity index (χ2n) is 8.24. The van der Waals surface area contributed by atoms with Crippen LogP contribution in [0.15, 0.2) is 64.4 Å². The molecule has 0 unspecified atom stereocenters. The first-order chi connectivity index (χ1) is 16.8. The molecular formula is C23H21BrCl2N6O2S. The van der Waals surface area contributed by atoms with E-state index in [4.69, 9.17) is 28.2 Å². The summed E-state index contributed by atoms with van der Waals surface area (Å²) < 4.78 is 30.4. The fraction of sp³-hybridized carbons (Fsp3) is 0.261. The standard InChI is InChI=1S/C23H21BrCl2N6O2S/c24-17-14-29-32-21(28-13-15-3-2-8-27-12-15)11-19(30-23(17)32)16-6-9-31(10-7-16)35(33,34)20-5-1-4-18(25)22(20)26/h1-5,8,11-12,14,16,28H,6-7,9-10,13H2. The van der Waals surface area contributed by atoms with Crippen molar-refractivity contribution in [3.8, 4) is 0 Å². The highest BCUT2D eigenvalue weighted by molar-refractivity contribution is 9.10. The molecule has 12 heteroatoms. The molecule has 1 fully saturated rings. The Bertz CT molecular complexity index is 1470. The van der Waals surface area contributed by atoms with Crippen molar-refractivity contribution in [1.82, 2.24) is 23.9 Å². The first kappa shape index (κ1) is 24.5. The van der Waals surface area contributed by atoms with E-state index in [1.54, 1.807) is 29.0 Å². The number of halogens is 3. The SMILES string of the molecule is O=S(=O)(c1cccc(Cl)c1Cl)N1CCC(c2cc(NCc3cccnc3)n3ncc(Br)c3n2)CC1. The van der Waals surface area contributed by atoms with Crippen molar-refractivity contribution in [3.05, 3.63) is 80.8 Å². The van der Waals surface area contributed by atoms with Crippen LogP contribution in [0.2, 0.25) is 10.0 Å². The number of nitrogens with zero attached hydrogens (tertiary/aromatic N) is 5. The van der Waals surface area contributed by atoms with Crippen LogP contribution in [0.3, 0.4) is 0 Å². The number of rotatable bonds is 6. The topological polar surface area (TPSA) is 92.5 Å². The molecule has 3 aromatic heterocycles. The van der Waals surface area contributed by atoms with E-state index < -0.39 is 10.0 Å². The van der Waals surface area contributed by atoms with Gasteiger partial charge in [0, 0.05) is 49.7 Å². The minimum Gasteiger partial charge on any atom is -0.366 e. The summed E-state index contributed by atoms with van der Waals surface area (Å²) >= 11 is 15.8. The van der Waals surface area contributed by atoms with E-state index in [2.05, 4.69) is 31.3 Å². The van der Waals surface area contributed by atoms with Crippen molar-refractivity contribution in [1.29, 1.82) is 0 Å². The molecule has 0 bridgehead atoms. The number of hydrogen-bond acceptors (Lipinski definition) is 6. The van der Waals surface area contributed by atoms with E-state index in [0.717, 1.165) is 21.5 Å². The molecule has 0 radical (unpaired) electrons. The highest BCUT2D eigenvalue weighted by Gasteiger charge is 2.32. The zero-order valence-electron chi connectivity index (χ0n) is 18.4. The summed E-state index contributed by atoms with van der Waals surface area (Å²) in [6.45, 7) is 1.31. The first-order valence-electron chi connectivity index (χ1n) is 11.0. The molecule has 0 spiro atoms. The Balaban J connectivity index is 1.37. The molecule has 0 saturated carbocycles. The van der Waals surface area contributed by atoms with Gasteiger partial charge in [0.1, 0.15) is 10.7 Å². The van der Waals surface area contributed by atoms with Gasteiger partial charge in [0.2, 0.25) is 10.0 Å². The Morgan fingerprint density at radius 2 is 1.91 bits per heavy atom. The van der Waals surface area contributed by atoms with Crippen molar-refractivity contribution in [2.75, 3.05) is 18.4 Å². The fourth-order valence-electron chi connectivity index (χ4n) is 4.20. The zero-order valence-corrected chi connectivity index (χ0v) is 22.3. The fourth-order valence-corrected chi connectivity index (χ4v) is 6.75. The number of anilines is 1. The lowest BCUT2D eigenvalue weighted by Crippen LogP contribution is -2.38. The third-order valence-corrected chi connectivity index (χ3v) is 9.48. The largest absolute Gasteiger partial charge is 0.366 e. The molecule has 182 valence electrons. The van der Waals surface area contributed by atoms with Gasteiger partial charge in [0.15, 0.2) is 5.65 Å². The summed E-state index contributed by atoms with van der Waals surface area (Å²) in [7, 11) is -3.74. The summed E-state index contributed by atoms with van der Waals surface area (Å²) in [6, 6.07) is 10.5. The zero-order chi connectivity index (χ0) is 24.6. The average molecular weight is 596 g/mol. The van der Waals surface area contributed by atoms with Crippen LogP contribution in [0.1, 0.15) is 30.0 Å². The Kier molecular flexibility index (Phi) is 7.00. The predicted octanol–water partition coefficient (Wildman–Crippen LogP) is 5.37. The minimum absolute atomic E-state index is 0.0368. The lowest BCUT2D eigenvalue weighted by atomic mass is 9.94. The van der Waals surface area contributed by atoms with E-state index in [0.29, 0.717) is 38.1 Å². The Morgan fingerprint density at radius 1 is 1.11 bits per heavy atom. The van der Waals surface area contributed by atoms with Gasteiger partial charge in [-0.3, -0.25) is 4.98 Å². The summed E-state index contributed by atoms with van der Waals surface area (Å²) in [5.74, 6) is 0.905. The third kappa shape index (κ3) is 4.90. The van der Waals surface area contributed by atoms with Gasteiger partial charge in [0.25, 0.3) is 0 Å². The molecule has 1 saturated heterocycles. The highest BCUT2D eigenvalue weighted by atomic mass is 79.9. The van der Waals surface area contributed by atoms with Crippen LogP contribution < -0.4 is 5.32 Å². The number of nitrogens with one attached hydrogen (secondary N) is 1. The van der Waals surface area contributed by atoms with Crippen molar-refractivity contribution < 1.29 is 8.42 Å². The average Bonchev–Trinajstić information content (AvgIpc) is 3.25. The second kappa shape index (κ2) is 10.0. The van der Waals surface area contributed by atoms with Crippen molar-refractivity contribution in [3.63, 3.8) is 0 Å². The molecule has 1 N–H and O–H groups in total. The Labute approximate surface area is 221 Å². The number of hydrogen-bond donors (Lipinski definition) is 1. The molecule has 8 nitrogen and oxygen atoms in total. The van der Waals surface area contributed by atoms with E-state index in [1.165, 1.54) is 10.4 Å². The molecule has 0 atom stereocenters. The molecule has 1 aliphatic rings. The molecule has 5 rings (SSSR count). The summed E-state index contributed by atoms with van der Waals surface area (Å²) in [5.41, 5.74) is 2.64. The Hall–Kier alpha value is -2.24. The summed E-state index contributed by atoms with van der Waals surface area (Å²) in [4.78, 5) is 9.04. The van der Waals surface area contributed by atoms with Gasteiger partial charge >= 0.3 is 0 Å². The first-order valence-corrected chi connectivity index (χ1v) is 13.9. The van der Waals surface area contributed by atoms with Crippen LogP contribution in [-0.4, -0.2) is 45.4 Å². The molecule has 4 heterocycles. The number of sulfonamides is 1. The maximum atomic E-state index is 13.2. The molecular weight excluding hydrogens is 575 g/mol. The maximum Gasteiger partial charge on any atom is 0.244 e. The monoisotopic (exact) mass is 594 g/mol. The van der Waals surface area contributed by atoms with Crippen molar-refractivity contribution in [2.24, 2.45) is 0 Å². The normalized spacial score (nSPS) is 15.5. The van der Waals surface area contributed by atoms with Gasteiger partial charge in [-0.25, -0.2) is 13.4 Å². The number of fused-ring (bicyclic) bond motifs is 1. The third-order valence-electron chi connectivity index (χ3n) is 6.05. The van der Waals surface area contributed by atoms with Crippen LogP contribution in [0.25, 0.3) is 5.65 Å². The van der Waals surface area contributed by atoms with Crippen LogP contribution in [0, 0.1) is 0 Å². The van der Waals surface area contributed by atoms with Crippen molar-refractivity contribution in [2.45, 2.75) is 30.2 Å². The highest BCUT2D eigenvalue weighted by Crippen LogP contribution is 2.35. The lowest BCUT2D eigenvalue weighted by molar-refractivity contribution is 0.317.